The second kappa shape index (κ2) is 8.38. The molecule has 0 spiro atoms. The lowest BCUT2D eigenvalue weighted by Crippen LogP contribution is -2.43. The molecule has 2 aromatic rings. The summed E-state index contributed by atoms with van der Waals surface area (Å²) < 4.78 is 32.5. The zero-order valence-corrected chi connectivity index (χ0v) is 15.8. The van der Waals surface area contributed by atoms with E-state index in [0.29, 0.717) is 11.4 Å². The summed E-state index contributed by atoms with van der Waals surface area (Å²) in [6.45, 7) is 0.670. The van der Waals surface area contributed by atoms with Gasteiger partial charge in [0.15, 0.2) is 0 Å². The number of hydrogen-bond donors (Lipinski definition) is 4. The maximum Gasteiger partial charge on any atom is 0.261 e. The molecule has 8 nitrogen and oxygen atoms in total. The van der Waals surface area contributed by atoms with Crippen LogP contribution in [-0.2, 0) is 10.0 Å². The summed E-state index contributed by atoms with van der Waals surface area (Å²) in [6, 6.07) is 11.9. The highest BCUT2D eigenvalue weighted by Gasteiger charge is 2.21. The van der Waals surface area contributed by atoms with E-state index in [2.05, 4.69) is 10.0 Å². The molecule has 1 amide bonds. The summed E-state index contributed by atoms with van der Waals surface area (Å²) in [4.78, 5) is 12.1. The van der Waals surface area contributed by atoms with Crippen molar-refractivity contribution in [1.82, 2.24) is 5.32 Å². The van der Waals surface area contributed by atoms with Gasteiger partial charge in [0.25, 0.3) is 15.9 Å². The van der Waals surface area contributed by atoms with Crippen LogP contribution in [0, 0.1) is 0 Å². The van der Waals surface area contributed by atoms with E-state index >= 15 is 0 Å². The number of rotatable bonds is 8. The molecule has 0 bridgehead atoms. The first-order chi connectivity index (χ1) is 12.7. The molecular formula is C18H22N2O6S. The number of aliphatic hydroxyl groups is 2. The minimum absolute atomic E-state index is 0.0834. The van der Waals surface area contributed by atoms with Crippen LogP contribution in [0.15, 0.2) is 53.4 Å². The van der Waals surface area contributed by atoms with Crippen LogP contribution in [0.5, 0.6) is 5.75 Å². The SMILES string of the molecule is COc1ccc(NS(=O)(=O)c2cccc(C(=O)NCC(C)(O)CO)c2)cc1. The molecule has 0 radical (unpaired) electrons. The molecule has 1 unspecified atom stereocenters. The van der Waals surface area contributed by atoms with Crippen molar-refractivity contribution in [2.45, 2.75) is 17.4 Å². The third-order valence-corrected chi connectivity index (χ3v) is 5.10. The van der Waals surface area contributed by atoms with E-state index in [4.69, 9.17) is 9.84 Å². The van der Waals surface area contributed by atoms with E-state index in [1.54, 1.807) is 24.3 Å². The van der Waals surface area contributed by atoms with Gasteiger partial charge in [0, 0.05) is 17.8 Å². The van der Waals surface area contributed by atoms with Crippen molar-refractivity contribution in [2.24, 2.45) is 0 Å². The quantitative estimate of drug-likeness (QED) is 0.529. The molecule has 4 N–H and O–H groups in total. The second-order valence-electron chi connectivity index (χ2n) is 6.20. The Bertz CT molecular complexity index is 894. The molecule has 27 heavy (non-hydrogen) atoms. The first kappa shape index (κ1) is 20.7. The number of amides is 1. The van der Waals surface area contributed by atoms with Crippen LogP contribution in [0.4, 0.5) is 5.69 Å². The minimum atomic E-state index is -3.90. The van der Waals surface area contributed by atoms with E-state index in [1.165, 1.54) is 38.3 Å². The van der Waals surface area contributed by atoms with Crippen LogP contribution in [-0.4, -0.2) is 50.4 Å². The van der Waals surface area contributed by atoms with Crippen molar-refractivity contribution >= 4 is 21.6 Å². The number of benzene rings is 2. The van der Waals surface area contributed by atoms with Crippen LogP contribution in [0.2, 0.25) is 0 Å². The molecule has 0 aliphatic rings. The van der Waals surface area contributed by atoms with Gasteiger partial charge in [-0.15, -0.1) is 0 Å². The maximum atomic E-state index is 12.5. The number of methoxy groups -OCH3 is 1. The first-order valence-corrected chi connectivity index (χ1v) is 9.53. The average molecular weight is 394 g/mol. The Kier molecular flexibility index (Phi) is 6.42. The summed E-state index contributed by atoms with van der Waals surface area (Å²) in [7, 11) is -2.39. The molecule has 9 heteroatoms. The molecule has 1 atom stereocenters. The summed E-state index contributed by atoms with van der Waals surface area (Å²) in [5, 5.41) is 21.2. The number of anilines is 1. The number of nitrogens with one attached hydrogen (secondary N) is 2. The standard InChI is InChI=1S/C18H22N2O6S/c1-18(23,12-21)11-19-17(22)13-4-3-5-16(10-13)27(24,25)20-14-6-8-15(26-2)9-7-14/h3-10,20-21,23H,11-12H2,1-2H3,(H,19,22). The molecule has 2 rings (SSSR count). The Morgan fingerprint density at radius 3 is 2.44 bits per heavy atom. The van der Waals surface area contributed by atoms with Crippen molar-refractivity contribution in [3.05, 3.63) is 54.1 Å². The van der Waals surface area contributed by atoms with Gasteiger partial charge < -0.3 is 20.3 Å². The van der Waals surface area contributed by atoms with Gasteiger partial charge in [-0.2, -0.15) is 0 Å². The smallest absolute Gasteiger partial charge is 0.261 e. The molecule has 2 aromatic carbocycles. The highest BCUT2D eigenvalue weighted by atomic mass is 32.2. The van der Waals surface area contributed by atoms with Gasteiger partial charge in [-0.05, 0) is 49.4 Å². The molecule has 0 aliphatic heterocycles. The van der Waals surface area contributed by atoms with E-state index in [0.717, 1.165) is 0 Å². The van der Waals surface area contributed by atoms with Crippen LogP contribution >= 0.6 is 0 Å². The third-order valence-electron chi connectivity index (χ3n) is 3.72. The molecule has 0 heterocycles. The highest BCUT2D eigenvalue weighted by Crippen LogP contribution is 2.20. The lowest BCUT2D eigenvalue weighted by molar-refractivity contribution is 0.00320. The molecule has 0 fully saturated rings. The van der Waals surface area contributed by atoms with Crippen molar-refractivity contribution in [3.63, 3.8) is 0 Å². The van der Waals surface area contributed by atoms with Gasteiger partial charge in [0.2, 0.25) is 0 Å². The Morgan fingerprint density at radius 2 is 1.85 bits per heavy atom. The Labute approximate surface area is 157 Å². The largest absolute Gasteiger partial charge is 0.497 e. The molecule has 0 saturated heterocycles. The van der Waals surface area contributed by atoms with Crippen LogP contribution < -0.4 is 14.8 Å². The second-order valence-corrected chi connectivity index (χ2v) is 7.88. The fraction of sp³-hybridized carbons (Fsp3) is 0.278. The maximum absolute atomic E-state index is 12.5. The van der Waals surface area contributed by atoms with Crippen LogP contribution in [0.1, 0.15) is 17.3 Å². The highest BCUT2D eigenvalue weighted by molar-refractivity contribution is 7.92. The van der Waals surface area contributed by atoms with Crippen molar-refractivity contribution in [1.29, 1.82) is 0 Å². The van der Waals surface area contributed by atoms with E-state index in [-0.39, 0.29) is 17.0 Å². The van der Waals surface area contributed by atoms with Gasteiger partial charge in [-0.3, -0.25) is 9.52 Å². The van der Waals surface area contributed by atoms with Crippen molar-refractivity contribution < 1.29 is 28.2 Å². The van der Waals surface area contributed by atoms with Gasteiger partial charge in [0.1, 0.15) is 11.4 Å². The molecule has 0 aromatic heterocycles. The predicted molar refractivity (Wildman–Crippen MR) is 100 cm³/mol. The van der Waals surface area contributed by atoms with Gasteiger partial charge >= 0.3 is 0 Å². The lowest BCUT2D eigenvalue weighted by Gasteiger charge is -2.20. The topological polar surface area (TPSA) is 125 Å². The fourth-order valence-electron chi connectivity index (χ4n) is 2.11. The van der Waals surface area contributed by atoms with Crippen LogP contribution in [0.3, 0.4) is 0 Å². The summed E-state index contributed by atoms with van der Waals surface area (Å²) in [6.07, 6.45) is 0. The predicted octanol–water partition coefficient (Wildman–Crippen LogP) is 0.969. The van der Waals surface area contributed by atoms with Crippen molar-refractivity contribution in [3.8, 4) is 5.75 Å². The van der Waals surface area contributed by atoms with Gasteiger partial charge in [-0.25, -0.2) is 8.42 Å². The molecule has 146 valence electrons. The number of aliphatic hydroxyl groups excluding tert-OH is 1. The Morgan fingerprint density at radius 1 is 1.19 bits per heavy atom. The monoisotopic (exact) mass is 394 g/mol. The number of ether oxygens (including phenoxy) is 1. The average Bonchev–Trinajstić information content (AvgIpc) is 2.66. The molecule has 0 aliphatic carbocycles. The summed E-state index contributed by atoms with van der Waals surface area (Å²) in [5.41, 5.74) is -0.999. The van der Waals surface area contributed by atoms with E-state index < -0.39 is 28.1 Å². The number of sulfonamides is 1. The Balaban J connectivity index is 2.15. The number of hydrogen-bond acceptors (Lipinski definition) is 6. The minimum Gasteiger partial charge on any atom is -0.497 e. The summed E-state index contributed by atoms with van der Waals surface area (Å²) >= 11 is 0. The van der Waals surface area contributed by atoms with Gasteiger partial charge in [-0.1, -0.05) is 6.07 Å². The summed E-state index contributed by atoms with van der Waals surface area (Å²) in [5.74, 6) is 0.0283. The number of carbonyl (C=O) groups excluding carboxylic acids is 1. The molecule has 0 saturated carbocycles. The molecular weight excluding hydrogens is 372 g/mol. The third kappa shape index (κ3) is 5.68. The van der Waals surface area contributed by atoms with Gasteiger partial charge in [0.05, 0.1) is 18.6 Å². The van der Waals surface area contributed by atoms with E-state index in [9.17, 15) is 18.3 Å². The normalized spacial score (nSPS) is 13.5. The van der Waals surface area contributed by atoms with Crippen molar-refractivity contribution in [2.75, 3.05) is 25.0 Å². The fourth-order valence-corrected chi connectivity index (χ4v) is 3.21. The first-order valence-electron chi connectivity index (χ1n) is 8.05. The zero-order chi connectivity index (χ0) is 20.1. The Hall–Kier alpha value is -2.62. The zero-order valence-electron chi connectivity index (χ0n) is 15.0. The van der Waals surface area contributed by atoms with E-state index in [1.807, 2.05) is 0 Å². The number of carbonyl (C=O) groups is 1. The lowest BCUT2D eigenvalue weighted by atomic mass is 10.1. The van der Waals surface area contributed by atoms with Crippen LogP contribution in [0.25, 0.3) is 0 Å².